The quantitative estimate of drug-likeness (QED) is 0.252. The Morgan fingerprint density at radius 3 is 2.44 bits per heavy atom. The topological polar surface area (TPSA) is 90.4 Å². The maximum Gasteiger partial charge on any atom is 0.296 e. The molecule has 2 aromatic rings. The third-order valence-electron chi connectivity index (χ3n) is 6.49. The number of carbonyl (C=O) groups excluding carboxylic acids is 3. The predicted octanol–water partition coefficient (Wildman–Crippen LogP) is 3.15. The lowest BCUT2D eigenvalue weighted by atomic mass is 9.82. The summed E-state index contributed by atoms with van der Waals surface area (Å²) >= 11 is 0. The van der Waals surface area contributed by atoms with Gasteiger partial charge in [0.1, 0.15) is 11.5 Å². The molecule has 1 atom stereocenters. The number of likely N-dealkylation sites (tertiary alicyclic amines) is 1. The number of carbonyl (C=O) groups is 3. The Labute approximate surface area is 211 Å². The number of aliphatic hydroxyl groups is 1. The van der Waals surface area contributed by atoms with Gasteiger partial charge < -0.3 is 24.5 Å². The number of ether oxygens (including phenoxy) is 1. The van der Waals surface area contributed by atoms with Crippen molar-refractivity contribution in [2.24, 2.45) is 0 Å². The van der Waals surface area contributed by atoms with Gasteiger partial charge in [-0.3, -0.25) is 14.4 Å². The van der Waals surface area contributed by atoms with Crippen LogP contribution < -0.4 is 9.64 Å². The summed E-state index contributed by atoms with van der Waals surface area (Å²) in [6, 6.07) is 13.7. The number of hydrogen-bond acceptors (Lipinski definition) is 6. The lowest BCUT2D eigenvalue weighted by molar-refractivity contribution is -0.143. The Morgan fingerprint density at radius 1 is 1.11 bits per heavy atom. The summed E-state index contributed by atoms with van der Waals surface area (Å²) in [5.74, 6) is -1.95. The molecule has 2 aliphatic rings. The van der Waals surface area contributed by atoms with Gasteiger partial charge in [-0.1, -0.05) is 31.2 Å². The second-order valence-corrected chi connectivity index (χ2v) is 9.12. The van der Waals surface area contributed by atoms with Crippen molar-refractivity contribution >= 4 is 29.0 Å². The molecule has 2 aromatic carbocycles. The van der Waals surface area contributed by atoms with Crippen molar-refractivity contribution in [3.63, 3.8) is 0 Å². The highest BCUT2D eigenvalue weighted by molar-refractivity contribution is 6.50. The summed E-state index contributed by atoms with van der Waals surface area (Å²) < 4.78 is 5.62. The van der Waals surface area contributed by atoms with Gasteiger partial charge in [0.15, 0.2) is 5.54 Å². The average Bonchev–Trinajstić information content (AvgIpc) is 3.25. The van der Waals surface area contributed by atoms with Crippen LogP contribution in [0.3, 0.4) is 0 Å². The first-order chi connectivity index (χ1) is 17.3. The summed E-state index contributed by atoms with van der Waals surface area (Å²) in [4.78, 5) is 45.8. The molecule has 1 saturated heterocycles. The Hall–Kier alpha value is -3.91. The van der Waals surface area contributed by atoms with E-state index in [1.165, 1.54) is 9.80 Å². The second-order valence-electron chi connectivity index (χ2n) is 9.12. The summed E-state index contributed by atoms with van der Waals surface area (Å²) in [6.07, 6.45) is 2.44. The van der Waals surface area contributed by atoms with Crippen LogP contribution >= 0.6 is 0 Å². The van der Waals surface area contributed by atoms with Crippen molar-refractivity contribution in [3.05, 3.63) is 77.9 Å². The number of fused-ring (bicyclic) bond motifs is 2. The van der Waals surface area contributed by atoms with Crippen LogP contribution in [0.25, 0.3) is 5.76 Å². The summed E-state index contributed by atoms with van der Waals surface area (Å²) in [5.41, 5.74) is -0.618. The number of likely N-dealkylation sites (N-methyl/N-ethyl adjacent to an activating group) is 1. The molecule has 0 aliphatic carbocycles. The fourth-order valence-electron chi connectivity index (χ4n) is 4.85. The second kappa shape index (κ2) is 9.99. The predicted molar refractivity (Wildman–Crippen MR) is 138 cm³/mol. The standard InChI is InChI=1S/C28H31N3O5/c1-5-15-30-22-10-8-7-9-21(22)28(27(30)35)23(25(33)26(34)31(28)17-16-29(3)4)24(32)19-11-13-20(14-12-19)36-18-6-2/h5,7-14,32H,1,6,15-18H2,2-4H3/b24-23-. The lowest BCUT2D eigenvalue weighted by Crippen LogP contribution is -2.53. The molecule has 1 spiro atoms. The molecular weight excluding hydrogens is 458 g/mol. The normalized spacial score (nSPS) is 20.5. The van der Waals surface area contributed by atoms with E-state index in [9.17, 15) is 19.5 Å². The van der Waals surface area contributed by atoms with E-state index < -0.39 is 28.9 Å². The molecule has 36 heavy (non-hydrogen) atoms. The monoisotopic (exact) mass is 489 g/mol. The minimum absolute atomic E-state index is 0.125. The average molecular weight is 490 g/mol. The Kier molecular flexibility index (Phi) is 6.99. The molecule has 1 unspecified atom stereocenters. The van der Waals surface area contributed by atoms with E-state index in [1.807, 2.05) is 25.9 Å². The maximum absolute atomic E-state index is 14.2. The number of anilines is 1. The van der Waals surface area contributed by atoms with Crippen LogP contribution in [0.2, 0.25) is 0 Å². The van der Waals surface area contributed by atoms with Crippen LogP contribution in [-0.2, 0) is 19.9 Å². The molecular formula is C28H31N3O5. The fraction of sp³-hybridized carbons (Fsp3) is 0.321. The van der Waals surface area contributed by atoms with Crippen molar-refractivity contribution in [1.29, 1.82) is 0 Å². The number of amides is 2. The molecule has 8 heteroatoms. The number of Topliss-reactive ketones (excluding diaryl/α,β-unsaturated/α-hetero) is 1. The van der Waals surface area contributed by atoms with Crippen molar-refractivity contribution in [2.45, 2.75) is 18.9 Å². The highest BCUT2D eigenvalue weighted by atomic mass is 16.5. The zero-order valence-corrected chi connectivity index (χ0v) is 20.9. The Morgan fingerprint density at radius 2 is 1.81 bits per heavy atom. The van der Waals surface area contributed by atoms with Crippen LogP contribution in [0.1, 0.15) is 24.5 Å². The number of hydrogen-bond donors (Lipinski definition) is 1. The van der Waals surface area contributed by atoms with E-state index in [4.69, 9.17) is 4.74 Å². The van der Waals surface area contributed by atoms with E-state index in [0.717, 1.165) is 6.42 Å². The van der Waals surface area contributed by atoms with Gasteiger partial charge in [0.25, 0.3) is 17.6 Å². The molecule has 2 heterocycles. The number of rotatable bonds is 9. The van der Waals surface area contributed by atoms with Gasteiger partial charge in [0, 0.05) is 30.8 Å². The number of para-hydroxylation sites is 1. The van der Waals surface area contributed by atoms with Gasteiger partial charge in [0.2, 0.25) is 0 Å². The van der Waals surface area contributed by atoms with Gasteiger partial charge in [-0.25, -0.2) is 0 Å². The van der Waals surface area contributed by atoms with Gasteiger partial charge >= 0.3 is 0 Å². The summed E-state index contributed by atoms with van der Waals surface area (Å²) in [5, 5.41) is 11.5. The number of nitrogens with zero attached hydrogens (tertiary/aromatic N) is 3. The van der Waals surface area contributed by atoms with Crippen LogP contribution in [0.5, 0.6) is 5.75 Å². The third-order valence-corrected chi connectivity index (χ3v) is 6.49. The van der Waals surface area contributed by atoms with E-state index in [1.54, 1.807) is 54.6 Å². The first kappa shape index (κ1) is 25.2. The van der Waals surface area contributed by atoms with E-state index in [0.29, 0.717) is 35.7 Å². The van der Waals surface area contributed by atoms with Crippen LogP contribution in [0.15, 0.2) is 66.8 Å². The Balaban J connectivity index is 1.95. The summed E-state index contributed by atoms with van der Waals surface area (Å²) in [7, 11) is 3.69. The van der Waals surface area contributed by atoms with Gasteiger partial charge in [-0.05, 0) is 50.8 Å². The number of aliphatic hydroxyl groups excluding tert-OH is 1. The molecule has 2 amide bonds. The third kappa shape index (κ3) is 3.87. The van der Waals surface area contributed by atoms with Crippen LogP contribution in [-0.4, -0.2) is 72.8 Å². The molecule has 0 aromatic heterocycles. The van der Waals surface area contributed by atoms with Crippen molar-refractivity contribution in [2.75, 3.05) is 45.2 Å². The zero-order chi connectivity index (χ0) is 26.0. The van der Waals surface area contributed by atoms with Crippen molar-refractivity contribution in [3.8, 4) is 5.75 Å². The highest BCUT2D eigenvalue weighted by Gasteiger charge is 2.66. The molecule has 4 rings (SSSR count). The first-order valence-corrected chi connectivity index (χ1v) is 12.0. The minimum atomic E-state index is -1.77. The largest absolute Gasteiger partial charge is 0.507 e. The number of ketones is 1. The number of benzene rings is 2. The van der Waals surface area contributed by atoms with E-state index >= 15 is 0 Å². The first-order valence-electron chi connectivity index (χ1n) is 12.0. The fourth-order valence-corrected chi connectivity index (χ4v) is 4.85. The van der Waals surface area contributed by atoms with E-state index in [2.05, 4.69) is 6.58 Å². The molecule has 0 radical (unpaired) electrons. The molecule has 8 nitrogen and oxygen atoms in total. The summed E-state index contributed by atoms with van der Waals surface area (Å²) in [6.45, 7) is 7.06. The van der Waals surface area contributed by atoms with Crippen molar-refractivity contribution < 1.29 is 24.2 Å². The van der Waals surface area contributed by atoms with Crippen LogP contribution in [0.4, 0.5) is 5.69 Å². The molecule has 1 fully saturated rings. The highest BCUT2D eigenvalue weighted by Crippen LogP contribution is 2.53. The minimum Gasteiger partial charge on any atom is -0.507 e. The molecule has 1 N–H and O–H groups in total. The molecule has 0 bridgehead atoms. The molecule has 188 valence electrons. The maximum atomic E-state index is 14.2. The smallest absolute Gasteiger partial charge is 0.296 e. The molecule has 2 aliphatic heterocycles. The van der Waals surface area contributed by atoms with Crippen molar-refractivity contribution in [1.82, 2.24) is 9.80 Å². The molecule has 0 saturated carbocycles. The van der Waals surface area contributed by atoms with Gasteiger partial charge in [-0.2, -0.15) is 0 Å². The zero-order valence-electron chi connectivity index (χ0n) is 20.9. The Bertz CT molecular complexity index is 1230. The van der Waals surface area contributed by atoms with E-state index in [-0.39, 0.29) is 18.7 Å². The van der Waals surface area contributed by atoms with Gasteiger partial charge in [-0.15, -0.1) is 6.58 Å². The van der Waals surface area contributed by atoms with Gasteiger partial charge in [0.05, 0.1) is 17.9 Å². The van der Waals surface area contributed by atoms with Crippen LogP contribution in [0, 0.1) is 0 Å². The lowest BCUT2D eigenvalue weighted by Gasteiger charge is -2.35. The SMILES string of the molecule is C=CCN1C(=O)C2(/C(=C(\O)c3ccc(OCCC)cc3)C(=O)C(=O)N2CCN(C)C)c2ccccc21.